The lowest BCUT2D eigenvalue weighted by Crippen LogP contribution is -2.55. The number of aliphatic hydroxyl groups is 1. The summed E-state index contributed by atoms with van der Waals surface area (Å²) in [6, 6.07) is 25.2. The number of rotatable bonds is 14. The first-order chi connectivity index (χ1) is 26.6. The molecule has 55 heavy (non-hydrogen) atoms. The molecule has 0 aromatic heterocycles. The van der Waals surface area contributed by atoms with Gasteiger partial charge in [0.05, 0.1) is 24.9 Å². The largest absolute Gasteiger partial charge is 0.444 e. The molecule has 2 fully saturated rings. The Morgan fingerprint density at radius 1 is 0.836 bits per heavy atom. The Morgan fingerprint density at radius 2 is 1.44 bits per heavy atom. The highest BCUT2D eigenvalue weighted by Gasteiger charge is 2.34. The second kappa shape index (κ2) is 20.4. The van der Waals surface area contributed by atoms with Crippen LogP contribution in [0.3, 0.4) is 0 Å². The summed E-state index contributed by atoms with van der Waals surface area (Å²) < 4.78 is 38.8. The number of alkyl carbamates (subject to hydrolysis) is 1. The molecule has 0 radical (unpaired) electrons. The van der Waals surface area contributed by atoms with Crippen molar-refractivity contribution in [1.82, 2.24) is 25.2 Å². The summed E-state index contributed by atoms with van der Waals surface area (Å²) in [5.41, 5.74) is 2.14. The predicted molar refractivity (Wildman–Crippen MR) is 204 cm³/mol. The summed E-state index contributed by atoms with van der Waals surface area (Å²) in [5, 5.41) is 15.6. The second-order valence-corrected chi connectivity index (χ2v) is 15.4. The summed E-state index contributed by atoms with van der Waals surface area (Å²) in [7, 11) is -3.81. The van der Waals surface area contributed by atoms with Crippen LogP contribution in [0, 0.1) is 5.92 Å². The van der Waals surface area contributed by atoms with E-state index in [4.69, 9.17) is 9.47 Å². The Hall–Kier alpha value is -5.32. The minimum atomic E-state index is -3.81. The number of hydrogen-bond acceptors (Lipinski definition) is 9. The Bertz CT molecular complexity index is 1870. The van der Waals surface area contributed by atoms with Gasteiger partial charge in [0.25, 0.3) is 0 Å². The highest BCUT2D eigenvalue weighted by molar-refractivity contribution is 7.88. The number of aliphatic imine (C=N–C) groups is 1. The van der Waals surface area contributed by atoms with Gasteiger partial charge in [0.1, 0.15) is 19.3 Å². The van der Waals surface area contributed by atoms with Crippen molar-refractivity contribution in [2.24, 2.45) is 10.9 Å². The topological polar surface area (TPSA) is 196 Å². The molecule has 5 rings (SSSR count). The number of amides is 4. The lowest BCUT2D eigenvalue weighted by molar-refractivity contribution is -0.139. The van der Waals surface area contributed by atoms with E-state index in [1.807, 2.05) is 60.7 Å². The van der Waals surface area contributed by atoms with Gasteiger partial charge in [0, 0.05) is 19.6 Å². The molecule has 2 saturated heterocycles. The van der Waals surface area contributed by atoms with Crippen LogP contribution in [0.5, 0.6) is 0 Å². The number of guanidine groups is 1. The van der Waals surface area contributed by atoms with Gasteiger partial charge >= 0.3 is 12.2 Å². The third-order valence-corrected chi connectivity index (χ3v) is 10.6. The highest BCUT2D eigenvalue weighted by atomic mass is 32.2. The van der Waals surface area contributed by atoms with E-state index >= 15 is 0 Å². The summed E-state index contributed by atoms with van der Waals surface area (Å²) in [6.45, 7) is 0.431. The molecule has 15 nitrogen and oxygen atoms in total. The van der Waals surface area contributed by atoms with Crippen LogP contribution in [-0.4, -0.2) is 98.2 Å². The molecule has 0 saturated carbocycles. The van der Waals surface area contributed by atoms with E-state index in [2.05, 4.69) is 20.3 Å². The van der Waals surface area contributed by atoms with Gasteiger partial charge in [-0.15, -0.1) is 4.99 Å². The van der Waals surface area contributed by atoms with Crippen LogP contribution < -0.4 is 15.4 Å². The molecule has 4 N–H and O–H groups in total. The smallest absolute Gasteiger partial charge is 0.437 e. The molecule has 0 spiro atoms. The first-order valence-electron chi connectivity index (χ1n) is 18.3. The lowest BCUT2D eigenvalue weighted by atomic mass is 9.91. The summed E-state index contributed by atoms with van der Waals surface area (Å²) in [5.74, 6) is -1.36. The van der Waals surface area contributed by atoms with E-state index < -0.39 is 46.1 Å². The SMILES string of the molecule is O=C(CN1CCC[C@H](NS(=O)(=O)Cc2ccccc2)C1=O)N[C@H](CO)CC1CCCN(/C(=N/C(=O)OCc2ccccc2)NC(=O)OCc2ccccc2)C1. The molecular formula is C39H48N6O9S. The van der Waals surface area contributed by atoms with Crippen LogP contribution in [0.15, 0.2) is 96.0 Å². The first-order valence-corrected chi connectivity index (χ1v) is 20.0. The Labute approximate surface area is 321 Å². The van der Waals surface area contributed by atoms with E-state index in [-0.39, 0.29) is 44.0 Å². The van der Waals surface area contributed by atoms with Crippen LogP contribution in [0.25, 0.3) is 0 Å². The molecule has 3 atom stereocenters. The van der Waals surface area contributed by atoms with Gasteiger partial charge in [0.2, 0.25) is 27.8 Å². The fourth-order valence-electron chi connectivity index (χ4n) is 6.60. The zero-order chi connectivity index (χ0) is 39.0. The number of carbonyl (C=O) groups is 4. The molecule has 4 amide bonds. The van der Waals surface area contributed by atoms with Crippen LogP contribution in [0.2, 0.25) is 0 Å². The number of ether oxygens (including phenoxy) is 2. The van der Waals surface area contributed by atoms with Crippen LogP contribution in [-0.2, 0) is 48.1 Å². The first kappa shape index (κ1) is 40.9. The third kappa shape index (κ3) is 13.5. The van der Waals surface area contributed by atoms with Crippen LogP contribution in [0.1, 0.15) is 48.8 Å². The predicted octanol–water partition coefficient (Wildman–Crippen LogP) is 3.30. The van der Waals surface area contributed by atoms with Crippen molar-refractivity contribution in [3.63, 3.8) is 0 Å². The van der Waals surface area contributed by atoms with Gasteiger partial charge in [-0.1, -0.05) is 91.0 Å². The maximum Gasteiger partial charge on any atom is 0.437 e. The van der Waals surface area contributed by atoms with Gasteiger partial charge in [0.15, 0.2) is 0 Å². The molecule has 16 heteroatoms. The fraction of sp³-hybridized carbons (Fsp3) is 0.410. The van der Waals surface area contributed by atoms with Gasteiger partial charge in [-0.25, -0.2) is 22.7 Å². The van der Waals surface area contributed by atoms with Crippen molar-refractivity contribution in [3.05, 3.63) is 108 Å². The lowest BCUT2D eigenvalue weighted by Gasteiger charge is -2.36. The Balaban J connectivity index is 1.16. The van der Waals surface area contributed by atoms with E-state index in [9.17, 15) is 32.7 Å². The van der Waals surface area contributed by atoms with Crippen molar-refractivity contribution in [2.45, 2.75) is 63.2 Å². The van der Waals surface area contributed by atoms with Crippen LogP contribution in [0.4, 0.5) is 9.59 Å². The van der Waals surface area contributed by atoms with Crippen molar-refractivity contribution in [1.29, 1.82) is 0 Å². The molecule has 1 unspecified atom stereocenters. The van der Waals surface area contributed by atoms with E-state index in [1.165, 1.54) is 4.90 Å². The third-order valence-electron chi connectivity index (χ3n) is 9.24. The van der Waals surface area contributed by atoms with Gasteiger partial charge < -0.3 is 29.7 Å². The molecule has 2 aliphatic rings. The number of aliphatic hydroxyl groups excluding tert-OH is 1. The minimum Gasteiger partial charge on any atom is -0.444 e. The van der Waals surface area contributed by atoms with Crippen molar-refractivity contribution in [2.75, 3.05) is 32.8 Å². The zero-order valence-corrected chi connectivity index (χ0v) is 31.4. The number of likely N-dealkylation sites (tertiary alicyclic amines) is 2. The number of hydrogen-bond donors (Lipinski definition) is 4. The molecular weight excluding hydrogens is 729 g/mol. The molecule has 2 heterocycles. The monoisotopic (exact) mass is 776 g/mol. The summed E-state index contributed by atoms with van der Waals surface area (Å²) >= 11 is 0. The number of carbonyl (C=O) groups excluding carboxylic acids is 4. The Morgan fingerprint density at radius 3 is 2.07 bits per heavy atom. The van der Waals surface area contributed by atoms with Gasteiger partial charge in [-0.05, 0) is 54.7 Å². The van der Waals surface area contributed by atoms with Crippen molar-refractivity contribution in [3.8, 4) is 0 Å². The average molecular weight is 777 g/mol. The van der Waals surface area contributed by atoms with Crippen LogP contribution >= 0.6 is 0 Å². The Kier molecular flexibility index (Phi) is 15.1. The molecule has 3 aromatic carbocycles. The number of nitrogens with zero attached hydrogens (tertiary/aromatic N) is 3. The number of sulfonamides is 1. The standard InChI is InChI=1S/C39H48N6O9S/c46-25-33(40-35(47)24-44-20-11-19-34(36(44)48)43-55(51,52)28-31-16-8-3-9-17-31)22-32-18-10-21-45(23-32)37(41-38(49)53-26-29-12-4-1-5-13-29)42-39(50)54-27-30-14-6-2-7-15-30/h1-9,12-17,32-34,43,46H,10-11,18-28H2,(H,40,47)(H,41,42,49,50)/t32?,33-,34-/m0/s1. The fourth-order valence-corrected chi connectivity index (χ4v) is 7.97. The van der Waals surface area contributed by atoms with Gasteiger partial charge in [-0.3, -0.25) is 14.9 Å². The summed E-state index contributed by atoms with van der Waals surface area (Å²) in [6.07, 6.45) is 0.887. The second-order valence-electron chi connectivity index (χ2n) is 13.6. The van der Waals surface area contributed by atoms with E-state index in [1.54, 1.807) is 35.2 Å². The average Bonchev–Trinajstić information content (AvgIpc) is 3.18. The molecule has 3 aromatic rings. The zero-order valence-electron chi connectivity index (χ0n) is 30.5. The highest BCUT2D eigenvalue weighted by Crippen LogP contribution is 2.22. The molecule has 294 valence electrons. The maximum atomic E-state index is 13.2. The maximum absolute atomic E-state index is 13.2. The normalized spacial score (nSPS) is 18.3. The minimum absolute atomic E-state index is 0.00641. The van der Waals surface area contributed by atoms with E-state index in [0.29, 0.717) is 50.9 Å². The van der Waals surface area contributed by atoms with Crippen molar-refractivity contribution < 1.29 is 42.2 Å². The van der Waals surface area contributed by atoms with E-state index in [0.717, 1.165) is 17.5 Å². The van der Waals surface area contributed by atoms with Gasteiger partial charge in [-0.2, -0.15) is 0 Å². The summed E-state index contributed by atoms with van der Waals surface area (Å²) in [4.78, 5) is 59.2. The van der Waals surface area contributed by atoms with Crippen molar-refractivity contribution >= 4 is 40.0 Å². The number of benzene rings is 3. The number of nitrogens with one attached hydrogen (secondary N) is 3. The molecule has 2 aliphatic heterocycles. The molecule has 0 aliphatic carbocycles. The number of piperidine rings is 2. The quantitative estimate of drug-likeness (QED) is 0.139. The molecule has 0 bridgehead atoms.